The van der Waals surface area contributed by atoms with Crippen LogP contribution in [0.1, 0.15) is 21.6 Å². The van der Waals surface area contributed by atoms with E-state index in [2.05, 4.69) is 9.97 Å². The van der Waals surface area contributed by atoms with Gasteiger partial charge >= 0.3 is 0 Å². The Balaban J connectivity index is 1.91. The third-order valence-corrected chi connectivity index (χ3v) is 4.13. The first kappa shape index (κ1) is 14.1. The van der Waals surface area contributed by atoms with Gasteiger partial charge in [-0.1, -0.05) is 29.3 Å². The van der Waals surface area contributed by atoms with Gasteiger partial charge in [-0.05, 0) is 18.6 Å². The van der Waals surface area contributed by atoms with E-state index in [9.17, 15) is 4.79 Å². The normalized spacial score (nSPS) is 13.9. The van der Waals surface area contributed by atoms with Crippen molar-refractivity contribution in [2.75, 3.05) is 12.3 Å². The van der Waals surface area contributed by atoms with Gasteiger partial charge in [-0.15, -0.1) is 0 Å². The van der Waals surface area contributed by atoms with Crippen LogP contribution in [-0.2, 0) is 13.0 Å². The maximum absolute atomic E-state index is 12.6. The minimum Gasteiger partial charge on any atom is -0.383 e. The summed E-state index contributed by atoms with van der Waals surface area (Å²) in [5.74, 6) is 0.274. The first-order valence-electron chi connectivity index (χ1n) is 6.39. The highest BCUT2D eigenvalue weighted by Crippen LogP contribution is 2.28. The number of hydrogen-bond acceptors (Lipinski definition) is 4. The monoisotopic (exact) mass is 322 g/mol. The molecule has 1 aliphatic heterocycles. The third kappa shape index (κ3) is 2.54. The molecule has 21 heavy (non-hydrogen) atoms. The van der Waals surface area contributed by atoms with Crippen LogP contribution in [0, 0.1) is 0 Å². The molecule has 5 nitrogen and oxygen atoms in total. The summed E-state index contributed by atoms with van der Waals surface area (Å²) in [6.45, 7) is 0.910. The van der Waals surface area contributed by atoms with Crippen LogP contribution in [0.5, 0.6) is 0 Å². The lowest BCUT2D eigenvalue weighted by Crippen LogP contribution is -2.37. The Morgan fingerprint density at radius 3 is 2.67 bits per heavy atom. The molecule has 1 aromatic heterocycles. The van der Waals surface area contributed by atoms with Crippen molar-refractivity contribution in [1.29, 1.82) is 0 Å². The number of fused-ring (bicyclic) bond motifs is 1. The zero-order valence-corrected chi connectivity index (χ0v) is 12.5. The van der Waals surface area contributed by atoms with Gasteiger partial charge in [0.2, 0.25) is 0 Å². The number of benzene rings is 1. The zero-order chi connectivity index (χ0) is 15.0. The standard InChI is InChI=1S/C14H12Cl2N4O/c15-9-2-1-3-10(16)12(9)14(21)20-5-4-8-11(6-20)18-7-19-13(8)17/h1-3,7H,4-6H2,(H2,17,18,19). The molecule has 0 saturated carbocycles. The molecule has 2 N–H and O–H groups in total. The Labute approximate surface area is 131 Å². The molecule has 0 bridgehead atoms. The summed E-state index contributed by atoms with van der Waals surface area (Å²) in [5, 5.41) is 0.695. The molecule has 0 spiro atoms. The summed E-state index contributed by atoms with van der Waals surface area (Å²) >= 11 is 12.2. The van der Waals surface area contributed by atoms with Crippen molar-refractivity contribution in [3.8, 4) is 0 Å². The van der Waals surface area contributed by atoms with E-state index in [1.54, 1.807) is 23.1 Å². The third-order valence-electron chi connectivity index (χ3n) is 3.50. The number of anilines is 1. The van der Waals surface area contributed by atoms with Crippen LogP contribution in [0.25, 0.3) is 0 Å². The summed E-state index contributed by atoms with van der Waals surface area (Å²) < 4.78 is 0. The lowest BCUT2D eigenvalue weighted by atomic mass is 10.0. The van der Waals surface area contributed by atoms with Crippen molar-refractivity contribution in [3.05, 3.63) is 51.4 Å². The number of amides is 1. The Hall–Kier alpha value is -1.85. The molecule has 1 aromatic carbocycles. The smallest absolute Gasteiger partial charge is 0.257 e. The lowest BCUT2D eigenvalue weighted by molar-refractivity contribution is 0.0732. The van der Waals surface area contributed by atoms with Gasteiger partial charge < -0.3 is 10.6 Å². The van der Waals surface area contributed by atoms with E-state index < -0.39 is 0 Å². The number of aromatic nitrogens is 2. The highest BCUT2D eigenvalue weighted by atomic mass is 35.5. The number of halogens is 2. The SMILES string of the molecule is Nc1ncnc2c1CCN(C(=O)c1c(Cl)cccc1Cl)C2. The molecule has 0 radical (unpaired) electrons. The van der Waals surface area contributed by atoms with E-state index in [4.69, 9.17) is 28.9 Å². The quantitative estimate of drug-likeness (QED) is 0.875. The molecule has 2 heterocycles. The van der Waals surface area contributed by atoms with Crippen LogP contribution in [0.4, 0.5) is 5.82 Å². The van der Waals surface area contributed by atoms with E-state index in [1.165, 1.54) is 6.33 Å². The fourth-order valence-electron chi connectivity index (χ4n) is 2.41. The molecule has 3 rings (SSSR count). The molecule has 0 unspecified atom stereocenters. The highest BCUT2D eigenvalue weighted by molar-refractivity contribution is 6.39. The molecule has 0 atom stereocenters. The molecular formula is C14H12Cl2N4O. The largest absolute Gasteiger partial charge is 0.383 e. The topological polar surface area (TPSA) is 72.1 Å². The van der Waals surface area contributed by atoms with Crippen LogP contribution in [0.2, 0.25) is 10.0 Å². The Kier molecular flexibility index (Phi) is 3.69. The van der Waals surface area contributed by atoms with Gasteiger partial charge in [-0.3, -0.25) is 4.79 Å². The Bertz CT molecular complexity index is 700. The van der Waals surface area contributed by atoms with Gasteiger partial charge in [0, 0.05) is 12.1 Å². The van der Waals surface area contributed by atoms with Crippen molar-refractivity contribution < 1.29 is 4.79 Å². The van der Waals surface area contributed by atoms with Gasteiger partial charge in [-0.25, -0.2) is 9.97 Å². The van der Waals surface area contributed by atoms with Gasteiger partial charge in [0.25, 0.3) is 5.91 Å². The molecular weight excluding hydrogens is 311 g/mol. The van der Waals surface area contributed by atoms with Gasteiger partial charge in [0.05, 0.1) is 27.8 Å². The molecule has 0 aliphatic carbocycles. The van der Waals surface area contributed by atoms with E-state index in [0.717, 1.165) is 11.3 Å². The maximum atomic E-state index is 12.6. The number of carbonyl (C=O) groups is 1. The molecule has 0 fully saturated rings. The second-order valence-corrected chi connectivity index (χ2v) is 5.57. The summed E-state index contributed by atoms with van der Waals surface area (Å²) in [4.78, 5) is 22.5. The summed E-state index contributed by atoms with van der Waals surface area (Å²) in [5.41, 5.74) is 7.83. The predicted octanol–water partition coefficient (Wildman–Crippen LogP) is 2.56. The van der Waals surface area contributed by atoms with Crippen LogP contribution in [0.3, 0.4) is 0 Å². The van der Waals surface area contributed by atoms with Crippen LogP contribution >= 0.6 is 23.2 Å². The second-order valence-electron chi connectivity index (χ2n) is 4.76. The maximum Gasteiger partial charge on any atom is 0.257 e. The number of nitrogen functional groups attached to an aromatic ring is 1. The fraction of sp³-hybridized carbons (Fsp3) is 0.214. The highest BCUT2D eigenvalue weighted by Gasteiger charge is 2.26. The molecule has 7 heteroatoms. The van der Waals surface area contributed by atoms with Crippen LogP contribution in [0.15, 0.2) is 24.5 Å². The average Bonchev–Trinajstić information content (AvgIpc) is 2.47. The molecule has 1 aliphatic rings. The zero-order valence-electron chi connectivity index (χ0n) is 11.0. The van der Waals surface area contributed by atoms with Crippen molar-refractivity contribution >= 4 is 34.9 Å². The van der Waals surface area contributed by atoms with E-state index in [1.807, 2.05) is 0 Å². The number of carbonyl (C=O) groups excluding carboxylic acids is 1. The van der Waals surface area contributed by atoms with Gasteiger partial charge in [-0.2, -0.15) is 0 Å². The summed E-state index contributed by atoms with van der Waals surface area (Å²) in [6, 6.07) is 5.01. The predicted molar refractivity (Wildman–Crippen MR) is 81.4 cm³/mol. The molecule has 2 aromatic rings. The van der Waals surface area contributed by atoms with Crippen molar-refractivity contribution in [2.45, 2.75) is 13.0 Å². The minimum absolute atomic E-state index is 0.201. The summed E-state index contributed by atoms with van der Waals surface area (Å²) in [6.07, 6.45) is 2.03. The first-order valence-corrected chi connectivity index (χ1v) is 7.15. The molecule has 1 amide bonds. The van der Waals surface area contributed by atoms with Crippen LogP contribution < -0.4 is 5.73 Å². The number of hydrogen-bond donors (Lipinski definition) is 1. The summed E-state index contributed by atoms with van der Waals surface area (Å²) in [7, 11) is 0. The Morgan fingerprint density at radius 1 is 1.24 bits per heavy atom. The minimum atomic E-state index is -0.201. The number of nitrogens with zero attached hydrogens (tertiary/aromatic N) is 3. The second kappa shape index (κ2) is 5.50. The molecule has 0 saturated heterocycles. The number of nitrogens with two attached hydrogens (primary N) is 1. The van der Waals surface area contributed by atoms with Crippen LogP contribution in [-0.4, -0.2) is 27.3 Å². The lowest BCUT2D eigenvalue weighted by Gasteiger charge is -2.28. The van der Waals surface area contributed by atoms with E-state index in [-0.39, 0.29) is 5.91 Å². The molecule has 108 valence electrons. The van der Waals surface area contributed by atoms with E-state index >= 15 is 0 Å². The number of rotatable bonds is 1. The Morgan fingerprint density at radius 2 is 1.95 bits per heavy atom. The first-order chi connectivity index (χ1) is 10.1. The fourth-order valence-corrected chi connectivity index (χ4v) is 2.97. The van der Waals surface area contributed by atoms with Gasteiger partial charge in [0.15, 0.2) is 0 Å². The average molecular weight is 323 g/mol. The van der Waals surface area contributed by atoms with Crippen molar-refractivity contribution in [1.82, 2.24) is 14.9 Å². The van der Waals surface area contributed by atoms with Gasteiger partial charge in [0.1, 0.15) is 12.1 Å². The van der Waals surface area contributed by atoms with E-state index in [0.29, 0.717) is 40.9 Å². The van der Waals surface area contributed by atoms with Crippen molar-refractivity contribution in [2.24, 2.45) is 0 Å². The van der Waals surface area contributed by atoms with Crippen molar-refractivity contribution in [3.63, 3.8) is 0 Å².